The molecule has 6 nitrogen and oxygen atoms in total. The van der Waals surface area contributed by atoms with Gasteiger partial charge >= 0.3 is 0 Å². The number of nitro benzene ring substituents is 1. The van der Waals surface area contributed by atoms with Gasteiger partial charge in [-0.25, -0.2) is 0 Å². The van der Waals surface area contributed by atoms with Crippen LogP contribution in [0.1, 0.15) is 6.42 Å². The summed E-state index contributed by atoms with van der Waals surface area (Å²) in [7, 11) is 0. The average Bonchev–Trinajstić information content (AvgIpc) is 3.12. The number of nitrogens with zero attached hydrogens (tertiary/aromatic N) is 2. The van der Waals surface area contributed by atoms with Crippen LogP contribution in [0.5, 0.6) is 0 Å². The van der Waals surface area contributed by atoms with Gasteiger partial charge in [0.25, 0.3) is 5.69 Å². The first kappa shape index (κ1) is 15.3. The standard InChI is InChI=1S/C15H12Br2N2O4/c16-12-8-5-9(13(12)17)11-10(8)14(20)18(15(11)21)6-1-3-7(4-2-6)19(22)23/h1-4,8-13H,5H2. The highest BCUT2D eigenvalue weighted by Gasteiger charge is 2.66. The molecule has 4 rings (SSSR count). The Morgan fingerprint density at radius 2 is 1.48 bits per heavy atom. The first-order chi connectivity index (χ1) is 10.9. The number of rotatable bonds is 2. The van der Waals surface area contributed by atoms with E-state index in [0.29, 0.717) is 5.69 Å². The van der Waals surface area contributed by atoms with Crippen LogP contribution < -0.4 is 4.90 Å². The van der Waals surface area contributed by atoms with Gasteiger partial charge in [0.05, 0.1) is 22.4 Å². The minimum atomic E-state index is -0.503. The Kier molecular flexibility index (Phi) is 3.39. The Morgan fingerprint density at radius 3 is 1.91 bits per heavy atom. The molecule has 3 fully saturated rings. The van der Waals surface area contributed by atoms with Crippen molar-refractivity contribution >= 4 is 55.0 Å². The first-order valence-electron chi connectivity index (χ1n) is 7.32. The molecular formula is C15H12Br2N2O4. The third kappa shape index (κ3) is 1.97. The monoisotopic (exact) mass is 442 g/mol. The SMILES string of the molecule is O=C1C2C3CC(C(Br)C3Br)C2C(=O)N1c1ccc([N+](=O)[O-])cc1. The molecule has 0 N–H and O–H groups in total. The number of carbonyl (C=O) groups is 2. The lowest BCUT2D eigenvalue weighted by Gasteiger charge is -2.28. The van der Waals surface area contributed by atoms with Gasteiger partial charge in [0.15, 0.2) is 0 Å². The lowest BCUT2D eigenvalue weighted by atomic mass is 9.81. The van der Waals surface area contributed by atoms with Gasteiger partial charge in [-0.3, -0.25) is 24.6 Å². The molecule has 2 aliphatic carbocycles. The van der Waals surface area contributed by atoms with Crippen molar-refractivity contribution in [3.63, 3.8) is 0 Å². The summed E-state index contributed by atoms with van der Waals surface area (Å²) in [6, 6.07) is 5.57. The number of anilines is 1. The number of carbonyl (C=O) groups excluding carboxylic acids is 2. The molecule has 2 amide bonds. The maximum Gasteiger partial charge on any atom is 0.269 e. The highest BCUT2D eigenvalue weighted by molar-refractivity contribution is 9.12. The van der Waals surface area contributed by atoms with Crippen LogP contribution in [-0.4, -0.2) is 26.4 Å². The van der Waals surface area contributed by atoms with Gasteiger partial charge in [-0.05, 0) is 30.4 Å². The molecule has 2 bridgehead atoms. The van der Waals surface area contributed by atoms with Crippen LogP contribution in [-0.2, 0) is 9.59 Å². The second-order valence-corrected chi connectivity index (χ2v) is 8.40. The molecule has 8 heteroatoms. The van der Waals surface area contributed by atoms with Gasteiger partial charge in [0, 0.05) is 21.8 Å². The Bertz CT molecular complexity index is 691. The fraction of sp³-hybridized carbons (Fsp3) is 0.467. The molecular weight excluding hydrogens is 432 g/mol. The van der Waals surface area contributed by atoms with E-state index in [9.17, 15) is 19.7 Å². The molecule has 1 saturated heterocycles. The fourth-order valence-corrected chi connectivity index (χ4v) is 6.20. The van der Waals surface area contributed by atoms with Crippen LogP contribution >= 0.6 is 31.9 Å². The van der Waals surface area contributed by atoms with Crippen molar-refractivity contribution in [1.29, 1.82) is 0 Å². The lowest BCUT2D eigenvalue weighted by molar-refractivity contribution is -0.384. The molecule has 6 unspecified atom stereocenters. The van der Waals surface area contributed by atoms with E-state index in [2.05, 4.69) is 31.9 Å². The molecule has 23 heavy (non-hydrogen) atoms. The molecule has 1 aromatic carbocycles. The second-order valence-electron chi connectivity index (χ2n) is 6.29. The zero-order chi connectivity index (χ0) is 16.5. The summed E-state index contributed by atoms with van der Waals surface area (Å²) < 4.78 is 0. The number of non-ortho nitro benzene ring substituents is 1. The van der Waals surface area contributed by atoms with Gasteiger partial charge in [0.1, 0.15) is 0 Å². The zero-order valence-corrected chi connectivity index (χ0v) is 14.9. The summed E-state index contributed by atoms with van der Waals surface area (Å²) >= 11 is 7.28. The molecule has 1 aromatic rings. The number of alkyl halides is 2. The van der Waals surface area contributed by atoms with E-state index in [1.54, 1.807) is 0 Å². The lowest BCUT2D eigenvalue weighted by Crippen LogP contribution is -2.37. The van der Waals surface area contributed by atoms with Crippen LogP contribution in [0.3, 0.4) is 0 Å². The summed E-state index contributed by atoms with van der Waals surface area (Å²) in [5, 5.41) is 10.7. The smallest absolute Gasteiger partial charge is 0.269 e. The van der Waals surface area contributed by atoms with Gasteiger partial charge in [0.2, 0.25) is 11.8 Å². The maximum atomic E-state index is 12.8. The van der Waals surface area contributed by atoms with E-state index in [4.69, 9.17) is 0 Å². The topological polar surface area (TPSA) is 80.5 Å². The maximum absolute atomic E-state index is 12.8. The van der Waals surface area contributed by atoms with Crippen LogP contribution in [0.25, 0.3) is 0 Å². The molecule has 1 aliphatic heterocycles. The number of fused-ring (bicyclic) bond motifs is 5. The predicted octanol–water partition coefficient (Wildman–Crippen LogP) is 2.88. The van der Waals surface area contributed by atoms with Crippen molar-refractivity contribution in [3.05, 3.63) is 34.4 Å². The molecule has 3 aliphatic rings. The first-order valence-corrected chi connectivity index (χ1v) is 9.15. The number of hydrogen-bond acceptors (Lipinski definition) is 4. The third-order valence-electron chi connectivity index (χ3n) is 5.31. The Balaban J connectivity index is 1.68. The van der Waals surface area contributed by atoms with Gasteiger partial charge in [-0.15, -0.1) is 0 Å². The van der Waals surface area contributed by atoms with Crippen molar-refractivity contribution in [1.82, 2.24) is 0 Å². The van der Waals surface area contributed by atoms with E-state index >= 15 is 0 Å². The molecule has 120 valence electrons. The van der Waals surface area contributed by atoms with Gasteiger partial charge in [-0.2, -0.15) is 0 Å². The number of halogens is 2. The quantitative estimate of drug-likeness (QED) is 0.304. The zero-order valence-electron chi connectivity index (χ0n) is 11.8. The molecule has 0 radical (unpaired) electrons. The van der Waals surface area contributed by atoms with Crippen molar-refractivity contribution in [3.8, 4) is 0 Å². The van der Waals surface area contributed by atoms with E-state index < -0.39 is 4.92 Å². The predicted molar refractivity (Wildman–Crippen MR) is 89.6 cm³/mol. The highest BCUT2D eigenvalue weighted by Crippen LogP contribution is 2.60. The number of hydrogen-bond donors (Lipinski definition) is 0. The van der Waals surface area contributed by atoms with Crippen molar-refractivity contribution < 1.29 is 14.5 Å². The Labute approximate surface area is 148 Å². The van der Waals surface area contributed by atoms with Gasteiger partial charge in [-0.1, -0.05) is 31.9 Å². The Morgan fingerprint density at radius 1 is 1.00 bits per heavy atom. The molecule has 6 atom stereocenters. The summed E-state index contributed by atoms with van der Waals surface area (Å²) in [6.07, 6.45) is 0.882. The summed E-state index contributed by atoms with van der Waals surface area (Å²) in [4.78, 5) is 37.4. The normalized spacial score (nSPS) is 38.3. The molecule has 1 heterocycles. The summed E-state index contributed by atoms with van der Waals surface area (Å²) in [5.41, 5.74) is 0.353. The van der Waals surface area contributed by atoms with Crippen LogP contribution in [0, 0.1) is 33.8 Å². The van der Waals surface area contributed by atoms with Crippen LogP contribution in [0.4, 0.5) is 11.4 Å². The van der Waals surface area contributed by atoms with Crippen LogP contribution in [0.2, 0.25) is 0 Å². The minimum Gasteiger partial charge on any atom is -0.274 e. The minimum absolute atomic E-state index is 0.0610. The van der Waals surface area contributed by atoms with E-state index in [1.807, 2.05) is 0 Å². The van der Waals surface area contributed by atoms with Crippen LogP contribution in [0.15, 0.2) is 24.3 Å². The molecule has 2 saturated carbocycles. The van der Waals surface area contributed by atoms with Gasteiger partial charge < -0.3 is 0 Å². The van der Waals surface area contributed by atoms with Crippen molar-refractivity contribution in [2.75, 3.05) is 4.90 Å². The van der Waals surface area contributed by atoms with E-state index in [1.165, 1.54) is 29.2 Å². The number of nitro groups is 1. The number of amides is 2. The highest BCUT2D eigenvalue weighted by atomic mass is 79.9. The Hall–Kier alpha value is -1.28. The van der Waals surface area contributed by atoms with Crippen molar-refractivity contribution in [2.45, 2.75) is 16.1 Å². The third-order valence-corrected chi connectivity index (χ3v) is 8.51. The number of benzene rings is 1. The largest absolute Gasteiger partial charge is 0.274 e. The van der Waals surface area contributed by atoms with E-state index in [0.717, 1.165) is 6.42 Å². The molecule has 0 aromatic heterocycles. The fourth-order valence-electron chi connectivity index (χ4n) is 4.33. The summed E-state index contributed by atoms with van der Waals surface area (Å²) in [5.74, 6) is -0.583. The average molecular weight is 444 g/mol. The molecule has 0 spiro atoms. The number of imide groups is 1. The summed E-state index contributed by atoms with van der Waals surface area (Å²) in [6.45, 7) is 0. The van der Waals surface area contributed by atoms with Crippen molar-refractivity contribution in [2.24, 2.45) is 23.7 Å². The second kappa shape index (κ2) is 5.11. The van der Waals surface area contributed by atoms with E-state index in [-0.39, 0.29) is 50.8 Å².